The summed E-state index contributed by atoms with van der Waals surface area (Å²) in [5.74, 6) is -0.227. The molecule has 0 heterocycles. The van der Waals surface area contributed by atoms with Gasteiger partial charge in [-0.05, 0) is 109 Å². The van der Waals surface area contributed by atoms with Crippen molar-refractivity contribution in [2.24, 2.45) is 0 Å². The van der Waals surface area contributed by atoms with E-state index in [9.17, 15) is 19.4 Å². The molecule has 3 unspecified atom stereocenters. The lowest BCUT2D eigenvalue weighted by atomic mass is 10.0. The van der Waals surface area contributed by atoms with E-state index in [0.29, 0.717) is 17.4 Å². The summed E-state index contributed by atoms with van der Waals surface area (Å²) in [6.45, 7) is 4.49. The van der Waals surface area contributed by atoms with Gasteiger partial charge in [0.05, 0.1) is 39.9 Å². The maximum absolute atomic E-state index is 13.0. The van der Waals surface area contributed by atoms with Crippen LogP contribution >= 0.6 is 7.82 Å². The summed E-state index contributed by atoms with van der Waals surface area (Å²) in [7, 11) is 1.21. The van der Waals surface area contributed by atoms with Crippen LogP contribution in [0.15, 0.2) is 146 Å². The van der Waals surface area contributed by atoms with Crippen LogP contribution in [0.4, 0.5) is 0 Å². The maximum Gasteiger partial charge on any atom is 0.268 e. The predicted molar refractivity (Wildman–Crippen MR) is 338 cm³/mol. The van der Waals surface area contributed by atoms with E-state index in [2.05, 4.69) is 153 Å². The molecule has 0 saturated carbocycles. The molecule has 0 aromatic heterocycles. The zero-order valence-corrected chi connectivity index (χ0v) is 51.5. The molecular weight excluding hydrogens is 984 g/mol. The zero-order chi connectivity index (χ0) is 57.0. The van der Waals surface area contributed by atoms with Crippen molar-refractivity contribution in [1.82, 2.24) is 5.32 Å². The number of carbonyl (C=O) groups excluding carboxylic acids is 1. The molecule has 0 aliphatic rings. The fourth-order valence-corrected chi connectivity index (χ4v) is 8.92. The molecule has 0 spiro atoms. The van der Waals surface area contributed by atoms with E-state index in [1.807, 2.05) is 27.2 Å². The summed E-state index contributed by atoms with van der Waals surface area (Å²) in [4.78, 5) is 25.5. The minimum absolute atomic E-state index is 0.0171. The zero-order valence-electron chi connectivity index (χ0n) is 50.6. The van der Waals surface area contributed by atoms with Crippen LogP contribution in [-0.2, 0) is 18.4 Å². The van der Waals surface area contributed by atoms with Crippen LogP contribution in [0.1, 0.15) is 232 Å². The third-order valence-electron chi connectivity index (χ3n) is 13.0. The number of unbranched alkanes of at least 4 members (excludes halogenated alkanes) is 20. The number of allylic oxidation sites excluding steroid dienone is 23. The largest absolute Gasteiger partial charge is 0.756 e. The van der Waals surface area contributed by atoms with Crippen molar-refractivity contribution in [3.8, 4) is 0 Å². The Labute approximate surface area is 480 Å². The lowest BCUT2D eigenvalue weighted by Crippen LogP contribution is -2.45. The molecule has 8 nitrogen and oxygen atoms in total. The molecule has 0 bridgehead atoms. The van der Waals surface area contributed by atoms with E-state index in [-0.39, 0.29) is 12.5 Å². The van der Waals surface area contributed by atoms with Gasteiger partial charge in [0.1, 0.15) is 13.2 Å². The summed E-state index contributed by atoms with van der Waals surface area (Å²) >= 11 is 0. The van der Waals surface area contributed by atoms with Crippen molar-refractivity contribution < 1.29 is 32.9 Å². The van der Waals surface area contributed by atoms with E-state index in [1.54, 1.807) is 6.08 Å². The molecule has 0 radical (unpaired) electrons. The molecule has 0 saturated heterocycles. The van der Waals surface area contributed by atoms with Gasteiger partial charge < -0.3 is 28.8 Å². The van der Waals surface area contributed by atoms with Gasteiger partial charge in [0, 0.05) is 6.42 Å². The number of hydrogen-bond acceptors (Lipinski definition) is 6. The normalized spacial score (nSPS) is 14.8. The van der Waals surface area contributed by atoms with Crippen molar-refractivity contribution in [3.63, 3.8) is 0 Å². The van der Waals surface area contributed by atoms with Gasteiger partial charge in [-0.15, -0.1) is 0 Å². The fraction of sp³-hybridized carbons (Fsp3) is 0.638. The molecule has 0 aromatic carbocycles. The highest BCUT2D eigenvalue weighted by atomic mass is 31.2. The number of rotatable bonds is 55. The van der Waals surface area contributed by atoms with Crippen molar-refractivity contribution in [1.29, 1.82) is 0 Å². The van der Waals surface area contributed by atoms with E-state index in [1.165, 1.54) is 83.5 Å². The summed E-state index contributed by atoms with van der Waals surface area (Å²) < 4.78 is 23.3. The Morgan fingerprint density at radius 2 is 0.795 bits per heavy atom. The average Bonchev–Trinajstić information content (AvgIpc) is 3.41. The van der Waals surface area contributed by atoms with Gasteiger partial charge in [0.15, 0.2) is 0 Å². The maximum atomic E-state index is 13.0. The highest BCUT2D eigenvalue weighted by molar-refractivity contribution is 7.45. The van der Waals surface area contributed by atoms with E-state index < -0.39 is 26.6 Å². The van der Waals surface area contributed by atoms with Gasteiger partial charge in [-0.1, -0.05) is 262 Å². The summed E-state index contributed by atoms with van der Waals surface area (Å²) in [5, 5.41) is 13.9. The molecule has 0 aliphatic carbocycles. The number of amides is 1. The Morgan fingerprint density at radius 1 is 0.462 bits per heavy atom. The fourth-order valence-electron chi connectivity index (χ4n) is 8.20. The van der Waals surface area contributed by atoms with Crippen molar-refractivity contribution in [2.45, 2.75) is 244 Å². The molecule has 0 aliphatic heterocycles. The molecule has 444 valence electrons. The number of hydrogen-bond donors (Lipinski definition) is 2. The van der Waals surface area contributed by atoms with Gasteiger partial charge in [-0.2, -0.15) is 0 Å². The Morgan fingerprint density at radius 3 is 1.19 bits per heavy atom. The molecule has 3 atom stereocenters. The van der Waals surface area contributed by atoms with Crippen molar-refractivity contribution in [3.05, 3.63) is 146 Å². The van der Waals surface area contributed by atoms with Crippen LogP contribution in [0, 0.1) is 0 Å². The van der Waals surface area contributed by atoms with Crippen LogP contribution in [0.2, 0.25) is 0 Å². The molecule has 9 heteroatoms. The van der Waals surface area contributed by atoms with E-state index in [4.69, 9.17) is 9.05 Å². The first-order valence-corrected chi connectivity index (χ1v) is 32.7. The number of nitrogens with zero attached hydrogens (tertiary/aromatic N) is 1. The molecule has 1 amide bonds. The second kappa shape index (κ2) is 58.0. The highest BCUT2D eigenvalue weighted by Crippen LogP contribution is 2.38. The van der Waals surface area contributed by atoms with Crippen molar-refractivity contribution >= 4 is 13.7 Å². The van der Waals surface area contributed by atoms with Crippen molar-refractivity contribution in [2.75, 3.05) is 40.9 Å². The number of likely N-dealkylation sites (N-methyl/N-ethyl adjacent to an activating group) is 1. The number of carbonyl (C=O) groups is 1. The topological polar surface area (TPSA) is 108 Å². The monoisotopic (exact) mass is 1100 g/mol. The number of quaternary nitrogens is 1. The average molecular weight is 1100 g/mol. The molecule has 0 rings (SSSR count). The first-order chi connectivity index (χ1) is 38.0. The van der Waals surface area contributed by atoms with Gasteiger partial charge in [-0.3, -0.25) is 9.36 Å². The molecule has 78 heavy (non-hydrogen) atoms. The lowest BCUT2D eigenvalue weighted by Gasteiger charge is -2.29. The third-order valence-corrected chi connectivity index (χ3v) is 14.0. The SMILES string of the molecule is CC/C=C\C/C=C\C/C=C\C/C=C\C/C=C\C/C=C\C/C=C\C/C=C\C/C=C\C/C=C\CCCCCCCCC(=O)NC(COP(=O)([O-])OCC[N+](C)(C)C)C(O)/C=C/CC/C=C/CCCCCCCCCCCCCCC. The standard InChI is InChI=1S/C69H117N2O6P/c1-6-8-10-12-14-16-18-20-22-24-26-27-28-29-30-31-32-33-34-35-36-37-38-39-40-41-42-43-45-47-49-51-53-55-57-59-61-63-69(73)70-67(66-77-78(74,75)76-65-64-71(3,4)5)68(72)62-60-58-56-54-52-50-48-46-44-25-23-21-19-17-15-13-11-9-7-2/h8,10,14,16,20,22,26-27,29-30,32-33,35-36,38-39,41-42,45,47,52,54,60,62,67-68,72H,6-7,9,11-13,15,17-19,21,23-25,28,31,34,37,40,43-44,46,48-51,53,55-59,61,63-66H2,1-5H3,(H-,70,73,74,75)/b10-8-,16-14-,22-20-,27-26-,30-29-,33-32-,36-35-,39-38-,42-41-,47-45-,54-52+,62-60+. The van der Waals surface area contributed by atoms with Crippen LogP contribution in [0.5, 0.6) is 0 Å². The third kappa shape index (κ3) is 60.0. The van der Waals surface area contributed by atoms with E-state index >= 15 is 0 Å². The summed E-state index contributed by atoms with van der Waals surface area (Å²) in [5.41, 5.74) is 0. The smallest absolute Gasteiger partial charge is 0.268 e. The Kier molecular flexibility index (Phi) is 55.4. The quantitative estimate of drug-likeness (QED) is 0.0272. The summed E-state index contributed by atoms with van der Waals surface area (Å²) in [6, 6.07) is -0.923. The van der Waals surface area contributed by atoms with Gasteiger partial charge in [-0.25, -0.2) is 0 Å². The number of aliphatic hydroxyl groups excluding tert-OH is 1. The van der Waals surface area contributed by atoms with Crippen LogP contribution in [0.3, 0.4) is 0 Å². The van der Waals surface area contributed by atoms with Gasteiger partial charge in [0.25, 0.3) is 7.82 Å². The van der Waals surface area contributed by atoms with E-state index in [0.717, 1.165) is 128 Å². The van der Waals surface area contributed by atoms with Crippen LogP contribution < -0.4 is 10.2 Å². The number of aliphatic hydroxyl groups is 1. The number of nitrogens with one attached hydrogen (secondary N) is 1. The second-order valence-corrected chi connectivity index (χ2v) is 23.1. The minimum Gasteiger partial charge on any atom is -0.756 e. The highest BCUT2D eigenvalue weighted by Gasteiger charge is 2.23. The summed E-state index contributed by atoms with van der Waals surface area (Å²) in [6.07, 6.45) is 89.3. The molecule has 2 N–H and O–H groups in total. The molecule has 0 fully saturated rings. The molecular formula is C69H117N2O6P. The van der Waals surface area contributed by atoms with Gasteiger partial charge >= 0.3 is 0 Å². The van der Waals surface area contributed by atoms with Crippen LogP contribution in [-0.4, -0.2) is 68.5 Å². The first-order valence-electron chi connectivity index (χ1n) is 31.2. The number of phosphoric acid groups is 1. The number of phosphoric ester groups is 1. The first kappa shape index (κ1) is 74.4. The Balaban J connectivity index is 4.25. The molecule has 0 aromatic rings. The Hall–Kier alpha value is -3.62. The lowest BCUT2D eigenvalue weighted by molar-refractivity contribution is -0.870. The predicted octanol–water partition coefficient (Wildman–Crippen LogP) is 19.0. The second-order valence-electron chi connectivity index (χ2n) is 21.7. The van der Waals surface area contributed by atoms with Crippen LogP contribution in [0.25, 0.3) is 0 Å². The Bertz CT molecular complexity index is 1780. The van der Waals surface area contributed by atoms with Gasteiger partial charge in [0.2, 0.25) is 5.91 Å². The minimum atomic E-state index is -4.62.